The Bertz CT molecular complexity index is 1290. The van der Waals surface area contributed by atoms with Crippen LogP contribution in [0.15, 0.2) is 65.6 Å². The minimum atomic E-state index is -0.244. The Morgan fingerprint density at radius 3 is 2.19 bits per heavy atom. The standard InChI is InChI=1S/C28H32N4O5/c1-20(33)21-4-6-22(7-5-21)29-28(35)19-32-18-27(37-3)26(34)16-24(32)17-30-12-14-31(15-13-30)23-8-10-25(36-2)11-9-23/h4-11,16,18H,12-15,17,19H2,1-3H3,(H,29,35). The smallest absolute Gasteiger partial charge is 0.244 e. The van der Waals surface area contributed by atoms with Crippen LogP contribution in [-0.4, -0.2) is 61.6 Å². The number of pyridine rings is 1. The number of carbonyl (C=O) groups excluding carboxylic acids is 2. The van der Waals surface area contributed by atoms with Crippen LogP contribution in [0, 0.1) is 0 Å². The molecule has 0 spiro atoms. The van der Waals surface area contributed by atoms with Gasteiger partial charge in [-0.05, 0) is 55.5 Å². The lowest BCUT2D eigenvalue weighted by Crippen LogP contribution is -2.46. The molecule has 0 aliphatic carbocycles. The summed E-state index contributed by atoms with van der Waals surface area (Å²) in [5.41, 5.74) is 2.85. The minimum Gasteiger partial charge on any atom is -0.497 e. The van der Waals surface area contributed by atoms with Crippen molar-refractivity contribution in [3.63, 3.8) is 0 Å². The lowest BCUT2D eigenvalue weighted by atomic mass is 10.1. The number of ether oxygens (including phenoxy) is 2. The van der Waals surface area contributed by atoms with Gasteiger partial charge < -0.3 is 24.3 Å². The number of carbonyl (C=O) groups is 2. The first-order valence-electron chi connectivity index (χ1n) is 12.2. The summed E-state index contributed by atoms with van der Waals surface area (Å²) in [7, 11) is 3.10. The van der Waals surface area contributed by atoms with Gasteiger partial charge in [-0.15, -0.1) is 0 Å². The fourth-order valence-corrected chi connectivity index (χ4v) is 4.36. The van der Waals surface area contributed by atoms with Crippen molar-refractivity contribution in [3.05, 3.63) is 82.3 Å². The van der Waals surface area contributed by atoms with Gasteiger partial charge in [0.15, 0.2) is 11.5 Å². The fourth-order valence-electron chi connectivity index (χ4n) is 4.36. The van der Waals surface area contributed by atoms with Gasteiger partial charge in [0.05, 0.1) is 20.4 Å². The third kappa shape index (κ3) is 6.56. The van der Waals surface area contributed by atoms with E-state index in [2.05, 4.69) is 27.2 Å². The summed E-state index contributed by atoms with van der Waals surface area (Å²) in [6.07, 6.45) is 1.59. The molecule has 1 amide bonds. The molecule has 0 unspecified atom stereocenters. The molecule has 1 fully saturated rings. The molecule has 1 aliphatic heterocycles. The largest absolute Gasteiger partial charge is 0.497 e. The van der Waals surface area contributed by atoms with E-state index in [-0.39, 0.29) is 29.4 Å². The zero-order valence-electron chi connectivity index (χ0n) is 21.4. The van der Waals surface area contributed by atoms with Crippen molar-refractivity contribution >= 4 is 23.1 Å². The molecule has 3 aromatic rings. The average Bonchev–Trinajstić information content (AvgIpc) is 2.91. The molecule has 1 aromatic heterocycles. The van der Waals surface area contributed by atoms with Crippen LogP contribution in [0.3, 0.4) is 0 Å². The maximum Gasteiger partial charge on any atom is 0.244 e. The van der Waals surface area contributed by atoms with E-state index < -0.39 is 0 Å². The third-order valence-electron chi connectivity index (χ3n) is 6.49. The van der Waals surface area contributed by atoms with Gasteiger partial charge in [-0.2, -0.15) is 0 Å². The van der Waals surface area contributed by atoms with E-state index in [0.29, 0.717) is 17.8 Å². The molecule has 4 rings (SSSR count). The Labute approximate surface area is 216 Å². The molecule has 0 radical (unpaired) electrons. The topological polar surface area (TPSA) is 93.1 Å². The average molecular weight is 505 g/mol. The molecule has 2 aromatic carbocycles. The van der Waals surface area contributed by atoms with Crippen LogP contribution < -0.4 is 25.1 Å². The zero-order valence-corrected chi connectivity index (χ0v) is 21.4. The minimum absolute atomic E-state index is 0.0201. The number of nitrogens with one attached hydrogen (secondary N) is 1. The van der Waals surface area contributed by atoms with Crippen LogP contribution in [0.4, 0.5) is 11.4 Å². The maximum atomic E-state index is 12.8. The number of aromatic nitrogens is 1. The Kier molecular flexibility index (Phi) is 8.25. The van der Waals surface area contributed by atoms with E-state index in [9.17, 15) is 14.4 Å². The second-order valence-electron chi connectivity index (χ2n) is 8.97. The molecule has 9 nitrogen and oxygen atoms in total. The lowest BCUT2D eigenvalue weighted by molar-refractivity contribution is -0.116. The third-order valence-corrected chi connectivity index (χ3v) is 6.49. The number of hydrogen-bond acceptors (Lipinski definition) is 7. The summed E-state index contributed by atoms with van der Waals surface area (Å²) in [4.78, 5) is 41.4. The van der Waals surface area contributed by atoms with Crippen molar-refractivity contribution in [1.82, 2.24) is 9.47 Å². The van der Waals surface area contributed by atoms with Crippen LogP contribution in [0.1, 0.15) is 23.0 Å². The molecule has 1 aliphatic rings. The normalized spacial score (nSPS) is 13.8. The van der Waals surface area contributed by atoms with E-state index in [1.54, 1.807) is 48.2 Å². The number of amides is 1. The summed E-state index contributed by atoms with van der Waals surface area (Å²) >= 11 is 0. The van der Waals surface area contributed by atoms with Crippen molar-refractivity contribution in [3.8, 4) is 11.5 Å². The number of ketones is 1. The van der Waals surface area contributed by atoms with Gasteiger partial charge in [-0.1, -0.05) is 0 Å². The Balaban J connectivity index is 1.42. The monoisotopic (exact) mass is 504 g/mol. The van der Waals surface area contributed by atoms with Gasteiger partial charge in [0.25, 0.3) is 0 Å². The summed E-state index contributed by atoms with van der Waals surface area (Å²) in [6, 6.07) is 16.3. The molecule has 2 heterocycles. The molecular weight excluding hydrogens is 472 g/mol. The Morgan fingerprint density at radius 2 is 1.59 bits per heavy atom. The van der Waals surface area contributed by atoms with E-state index in [0.717, 1.165) is 43.3 Å². The fraction of sp³-hybridized carbons (Fsp3) is 0.321. The number of methoxy groups -OCH3 is 2. The van der Waals surface area contributed by atoms with Crippen LogP contribution in [0.25, 0.3) is 0 Å². The number of hydrogen-bond donors (Lipinski definition) is 1. The first-order chi connectivity index (χ1) is 17.9. The van der Waals surface area contributed by atoms with Crippen LogP contribution >= 0.6 is 0 Å². The van der Waals surface area contributed by atoms with Gasteiger partial charge in [0.2, 0.25) is 11.3 Å². The molecular formula is C28H32N4O5. The number of nitrogens with zero attached hydrogens (tertiary/aromatic N) is 3. The molecule has 0 atom stereocenters. The second kappa shape index (κ2) is 11.7. The first kappa shape index (κ1) is 26.0. The quantitative estimate of drug-likeness (QED) is 0.448. The predicted molar refractivity (Wildman–Crippen MR) is 143 cm³/mol. The van der Waals surface area contributed by atoms with E-state index >= 15 is 0 Å². The molecule has 1 saturated heterocycles. The van der Waals surface area contributed by atoms with Crippen molar-refractivity contribution in [1.29, 1.82) is 0 Å². The highest BCUT2D eigenvalue weighted by Gasteiger charge is 2.20. The van der Waals surface area contributed by atoms with Crippen molar-refractivity contribution < 1.29 is 19.1 Å². The van der Waals surface area contributed by atoms with Gasteiger partial charge >= 0.3 is 0 Å². The van der Waals surface area contributed by atoms with Crippen LogP contribution in [-0.2, 0) is 17.9 Å². The van der Waals surface area contributed by atoms with Gasteiger partial charge in [-0.3, -0.25) is 19.3 Å². The van der Waals surface area contributed by atoms with Crippen molar-refractivity contribution in [2.75, 3.05) is 50.6 Å². The maximum absolute atomic E-state index is 12.8. The molecule has 194 valence electrons. The first-order valence-corrected chi connectivity index (χ1v) is 12.2. The van der Waals surface area contributed by atoms with E-state index in [1.807, 2.05) is 12.1 Å². The van der Waals surface area contributed by atoms with Gasteiger partial charge in [0.1, 0.15) is 12.3 Å². The predicted octanol–water partition coefficient (Wildman–Crippen LogP) is 3.03. The lowest BCUT2D eigenvalue weighted by Gasteiger charge is -2.36. The number of anilines is 2. The zero-order chi connectivity index (χ0) is 26.4. The molecule has 1 N–H and O–H groups in total. The Hall–Kier alpha value is -4.11. The number of benzene rings is 2. The SMILES string of the molecule is COc1ccc(N2CCN(Cc3cc(=O)c(OC)cn3CC(=O)Nc3ccc(C(C)=O)cc3)CC2)cc1. The van der Waals surface area contributed by atoms with Gasteiger partial charge in [0, 0.05) is 61.4 Å². The summed E-state index contributed by atoms with van der Waals surface area (Å²) in [5.74, 6) is 0.739. The molecule has 0 bridgehead atoms. The molecule has 9 heteroatoms. The summed E-state index contributed by atoms with van der Waals surface area (Å²) < 4.78 is 12.2. The highest BCUT2D eigenvalue weighted by Crippen LogP contribution is 2.21. The summed E-state index contributed by atoms with van der Waals surface area (Å²) in [5, 5.41) is 2.85. The Morgan fingerprint density at radius 1 is 0.919 bits per heavy atom. The highest BCUT2D eigenvalue weighted by molar-refractivity contribution is 5.95. The van der Waals surface area contributed by atoms with E-state index in [4.69, 9.17) is 9.47 Å². The molecule has 0 saturated carbocycles. The molecule has 37 heavy (non-hydrogen) atoms. The van der Waals surface area contributed by atoms with Crippen molar-refractivity contribution in [2.45, 2.75) is 20.0 Å². The second-order valence-corrected chi connectivity index (χ2v) is 8.97. The highest BCUT2D eigenvalue weighted by atomic mass is 16.5. The van der Waals surface area contributed by atoms with E-state index in [1.165, 1.54) is 14.0 Å². The van der Waals surface area contributed by atoms with Crippen LogP contribution in [0.5, 0.6) is 11.5 Å². The number of piperazine rings is 1. The number of rotatable bonds is 9. The van der Waals surface area contributed by atoms with Crippen molar-refractivity contribution in [2.24, 2.45) is 0 Å². The van der Waals surface area contributed by atoms with Gasteiger partial charge in [-0.25, -0.2) is 0 Å². The van der Waals surface area contributed by atoms with Crippen LogP contribution in [0.2, 0.25) is 0 Å². The summed E-state index contributed by atoms with van der Waals surface area (Å²) in [6.45, 7) is 5.40. The number of Topliss-reactive ketones (excluding diaryl/α,β-unsaturated/α-hetero) is 1.